The van der Waals surface area contributed by atoms with Crippen molar-refractivity contribution in [3.63, 3.8) is 0 Å². The maximum atomic E-state index is 10.9. The Bertz CT molecular complexity index is 281. The van der Waals surface area contributed by atoms with Gasteiger partial charge in [-0.2, -0.15) is 0 Å². The molecule has 1 aliphatic rings. The first-order valence-electron chi connectivity index (χ1n) is 5.47. The molecule has 0 aromatic rings. The van der Waals surface area contributed by atoms with E-state index in [1.54, 1.807) is 0 Å². The maximum Gasteiger partial charge on any atom is 0.305 e. The lowest BCUT2D eigenvalue weighted by atomic mass is 9.99. The van der Waals surface area contributed by atoms with E-state index in [4.69, 9.17) is 20.6 Å². The monoisotopic (exact) mass is 226 g/mol. The van der Waals surface area contributed by atoms with Gasteiger partial charge in [0.05, 0.1) is 6.10 Å². The molecule has 16 heavy (non-hydrogen) atoms. The van der Waals surface area contributed by atoms with E-state index in [2.05, 4.69) is 5.92 Å². The highest BCUT2D eigenvalue weighted by Gasteiger charge is 2.43. The lowest BCUT2D eigenvalue weighted by molar-refractivity contribution is -0.189. The average molecular weight is 226 g/mol. The van der Waals surface area contributed by atoms with Gasteiger partial charge in [-0.15, -0.1) is 6.42 Å². The highest BCUT2D eigenvalue weighted by Crippen LogP contribution is 2.31. The van der Waals surface area contributed by atoms with Crippen molar-refractivity contribution in [2.45, 2.75) is 45.7 Å². The summed E-state index contributed by atoms with van der Waals surface area (Å²) >= 11 is 0. The Morgan fingerprint density at radius 1 is 1.56 bits per heavy atom. The molecule has 0 saturated carbocycles. The third kappa shape index (κ3) is 2.97. The zero-order valence-electron chi connectivity index (χ0n) is 9.93. The van der Waals surface area contributed by atoms with Gasteiger partial charge in [0.1, 0.15) is 12.7 Å². The van der Waals surface area contributed by atoms with Crippen molar-refractivity contribution in [1.82, 2.24) is 0 Å². The number of hydrogen-bond acceptors (Lipinski definition) is 4. The maximum absolute atomic E-state index is 10.9. The molecule has 0 N–H and O–H groups in total. The summed E-state index contributed by atoms with van der Waals surface area (Å²) < 4.78 is 16.1. The second-order valence-electron chi connectivity index (χ2n) is 3.90. The predicted molar refractivity (Wildman–Crippen MR) is 58.5 cm³/mol. The van der Waals surface area contributed by atoms with E-state index in [0.717, 1.165) is 6.42 Å². The van der Waals surface area contributed by atoms with Crippen molar-refractivity contribution in [3.05, 3.63) is 0 Å². The number of ether oxygens (including phenoxy) is 3. The van der Waals surface area contributed by atoms with E-state index in [-0.39, 0.29) is 30.7 Å². The molecule has 4 heteroatoms. The smallest absolute Gasteiger partial charge is 0.305 e. The fourth-order valence-electron chi connectivity index (χ4n) is 1.93. The Hall–Kier alpha value is -1.05. The number of hydrogen-bond donors (Lipinski definition) is 0. The van der Waals surface area contributed by atoms with Crippen LogP contribution in [0.25, 0.3) is 0 Å². The van der Waals surface area contributed by atoms with E-state index in [9.17, 15) is 4.79 Å². The molecule has 0 amide bonds. The Labute approximate surface area is 96.2 Å². The number of esters is 1. The molecular weight excluding hydrogens is 208 g/mol. The fraction of sp³-hybridized carbons (Fsp3) is 0.750. The quantitative estimate of drug-likeness (QED) is 0.536. The predicted octanol–water partition coefficient (Wildman–Crippen LogP) is 1.34. The van der Waals surface area contributed by atoms with Crippen LogP contribution in [0.15, 0.2) is 0 Å². The van der Waals surface area contributed by atoms with Crippen LogP contribution in [-0.2, 0) is 19.0 Å². The van der Waals surface area contributed by atoms with Gasteiger partial charge in [-0.25, -0.2) is 0 Å². The summed E-state index contributed by atoms with van der Waals surface area (Å²) in [6.45, 7) is 5.59. The lowest BCUT2D eigenvalue weighted by Crippen LogP contribution is -2.32. The summed E-state index contributed by atoms with van der Waals surface area (Å²) in [4.78, 5) is 10.9. The van der Waals surface area contributed by atoms with Crippen LogP contribution in [-0.4, -0.2) is 31.1 Å². The number of rotatable bonds is 4. The molecule has 0 aliphatic carbocycles. The molecule has 0 aromatic carbocycles. The van der Waals surface area contributed by atoms with Crippen molar-refractivity contribution < 1.29 is 19.0 Å². The van der Waals surface area contributed by atoms with Gasteiger partial charge < -0.3 is 14.2 Å². The molecular formula is C12H18O4. The largest absolute Gasteiger partial charge is 0.433 e. The van der Waals surface area contributed by atoms with E-state index in [1.807, 2.05) is 13.8 Å². The zero-order chi connectivity index (χ0) is 12.1. The molecule has 0 bridgehead atoms. The second-order valence-corrected chi connectivity index (χ2v) is 3.90. The molecule has 1 heterocycles. The van der Waals surface area contributed by atoms with Crippen molar-refractivity contribution in [2.24, 2.45) is 5.92 Å². The Balaban J connectivity index is 2.65. The molecule has 1 rings (SSSR count). The number of carbonyl (C=O) groups excluding carboxylic acids is 1. The number of carbonyl (C=O) groups is 1. The first-order chi connectivity index (χ1) is 7.60. The first kappa shape index (κ1) is 13.0. The van der Waals surface area contributed by atoms with Crippen LogP contribution in [0.2, 0.25) is 0 Å². The van der Waals surface area contributed by atoms with Crippen LogP contribution in [0.5, 0.6) is 0 Å². The fourth-order valence-corrected chi connectivity index (χ4v) is 1.93. The van der Waals surface area contributed by atoms with Crippen molar-refractivity contribution in [3.8, 4) is 12.3 Å². The van der Waals surface area contributed by atoms with Crippen LogP contribution in [0.4, 0.5) is 0 Å². The van der Waals surface area contributed by atoms with Crippen LogP contribution in [0.1, 0.15) is 27.2 Å². The minimum absolute atomic E-state index is 0.0483. The topological polar surface area (TPSA) is 44.8 Å². The standard InChI is InChI=1S/C12H18O4/c1-5-7-14-11-8(3)10(6-2)16-12(11)15-9(4)13/h1,8,10-12H,6-7H2,2-4H3/t8-,10-,11-,12?/m1/s1. The van der Waals surface area contributed by atoms with Gasteiger partial charge in [0, 0.05) is 12.8 Å². The second kappa shape index (κ2) is 5.88. The van der Waals surface area contributed by atoms with Gasteiger partial charge in [0.25, 0.3) is 0 Å². The van der Waals surface area contributed by atoms with Gasteiger partial charge in [-0.3, -0.25) is 4.79 Å². The van der Waals surface area contributed by atoms with Crippen molar-refractivity contribution >= 4 is 5.97 Å². The molecule has 0 aromatic heterocycles. The van der Waals surface area contributed by atoms with E-state index >= 15 is 0 Å². The Morgan fingerprint density at radius 3 is 2.75 bits per heavy atom. The highest BCUT2D eigenvalue weighted by molar-refractivity contribution is 5.66. The van der Waals surface area contributed by atoms with E-state index in [1.165, 1.54) is 6.92 Å². The van der Waals surface area contributed by atoms with Crippen LogP contribution in [0, 0.1) is 18.3 Å². The Morgan fingerprint density at radius 2 is 2.25 bits per heavy atom. The minimum Gasteiger partial charge on any atom is -0.433 e. The van der Waals surface area contributed by atoms with Gasteiger partial charge in [-0.05, 0) is 6.42 Å². The van der Waals surface area contributed by atoms with Crippen LogP contribution < -0.4 is 0 Å². The molecule has 1 aliphatic heterocycles. The van der Waals surface area contributed by atoms with Gasteiger partial charge in [0.15, 0.2) is 0 Å². The molecule has 4 atom stereocenters. The van der Waals surface area contributed by atoms with Gasteiger partial charge >= 0.3 is 5.97 Å². The zero-order valence-corrected chi connectivity index (χ0v) is 9.93. The van der Waals surface area contributed by atoms with Crippen molar-refractivity contribution in [2.75, 3.05) is 6.61 Å². The molecule has 4 nitrogen and oxygen atoms in total. The van der Waals surface area contributed by atoms with Gasteiger partial charge in [0.2, 0.25) is 6.29 Å². The lowest BCUT2D eigenvalue weighted by Gasteiger charge is -2.19. The summed E-state index contributed by atoms with van der Waals surface area (Å²) in [5.74, 6) is 2.20. The van der Waals surface area contributed by atoms with Crippen LogP contribution in [0.3, 0.4) is 0 Å². The Kier molecular flexibility index (Phi) is 4.78. The SMILES string of the molecule is C#CCO[C@H]1C(OC(C)=O)O[C@H](CC)[C@H]1C. The van der Waals surface area contributed by atoms with E-state index < -0.39 is 6.29 Å². The van der Waals surface area contributed by atoms with Gasteiger partial charge in [-0.1, -0.05) is 19.8 Å². The summed E-state index contributed by atoms with van der Waals surface area (Å²) in [6.07, 6.45) is 5.14. The molecule has 1 fully saturated rings. The third-order valence-electron chi connectivity index (χ3n) is 2.73. The normalized spacial score (nSPS) is 33.4. The molecule has 90 valence electrons. The summed E-state index contributed by atoms with van der Waals surface area (Å²) in [6, 6.07) is 0. The number of terminal acetylenes is 1. The first-order valence-corrected chi connectivity index (χ1v) is 5.47. The average Bonchev–Trinajstić information content (AvgIpc) is 2.52. The minimum atomic E-state index is -0.634. The molecule has 0 spiro atoms. The van der Waals surface area contributed by atoms with E-state index in [0.29, 0.717) is 0 Å². The van der Waals surface area contributed by atoms with Crippen LogP contribution >= 0.6 is 0 Å². The molecule has 1 unspecified atom stereocenters. The molecule has 0 radical (unpaired) electrons. The molecule has 1 saturated heterocycles. The summed E-state index contributed by atoms with van der Waals surface area (Å²) in [5.41, 5.74) is 0. The summed E-state index contributed by atoms with van der Waals surface area (Å²) in [5, 5.41) is 0. The highest BCUT2D eigenvalue weighted by atomic mass is 16.7. The third-order valence-corrected chi connectivity index (χ3v) is 2.73. The summed E-state index contributed by atoms with van der Waals surface area (Å²) in [7, 11) is 0. The van der Waals surface area contributed by atoms with Crippen molar-refractivity contribution in [1.29, 1.82) is 0 Å².